The number of carbonyl (C=O) groups is 1. The minimum absolute atomic E-state index is 0.336. The predicted molar refractivity (Wildman–Crippen MR) is 53.8 cm³/mol. The molecule has 2 rings (SSSR count). The van der Waals surface area contributed by atoms with Gasteiger partial charge in [-0.05, 0) is 12.1 Å². The van der Waals surface area contributed by atoms with Crippen molar-refractivity contribution in [2.24, 2.45) is 0 Å². The molecule has 4 nitrogen and oxygen atoms in total. The lowest BCUT2D eigenvalue weighted by atomic mass is 10.4. The zero-order valence-electron chi connectivity index (χ0n) is 7.48. The number of esters is 1. The van der Waals surface area contributed by atoms with Crippen LogP contribution in [0.1, 0.15) is 0 Å². The van der Waals surface area contributed by atoms with Crippen molar-refractivity contribution < 1.29 is 9.53 Å². The van der Waals surface area contributed by atoms with Gasteiger partial charge in [0, 0.05) is 12.4 Å². The van der Waals surface area contributed by atoms with E-state index in [4.69, 9.17) is 0 Å². The number of aromatic nitrogens is 1. The lowest BCUT2D eigenvalue weighted by Gasteiger charge is -2.14. The number of thioether (sulfide) groups is 1. The molecule has 1 aliphatic rings. The summed E-state index contributed by atoms with van der Waals surface area (Å²) in [5, 5.41) is 2.93. The smallest absolute Gasteiger partial charge is 0.346 e. The van der Waals surface area contributed by atoms with Crippen molar-refractivity contribution in [1.29, 1.82) is 0 Å². The second kappa shape index (κ2) is 3.71. The average molecular weight is 208 g/mol. The van der Waals surface area contributed by atoms with Gasteiger partial charge in [0.1, 0.15) is 10.7 Å². The van der Waals surface area contributed by atoms with Gasteiger partial charge >= 0.3 is 5.97 Å². The van der Waals surface area contributed by atoms with Gasteiger partial charge in [0.25, 0.3) is 0 Å². The number of hydrogen-bond acceptors (Lipinski definition) is 5. The summed E-state index contributed by atoms with van der Waals surface area (Å²) in [6.07, 6.45) is 3.30. The SMILES string of the molecule is COC(=O)C1=CNc2ncccc2S1. The van der Waals surface area contributed by atoms with E-state index < -0.39 is 0 Å². The van der Waals surface area contributed by atoms with Crippen molar-refractivity contribution in [2.45, 2.75) is 4.90 Å². The first-order chi connectivity index (χ1) is 6.81. The highest BCUT2D eigenvalue weighted by molar-refractivity contribution is 8.04. The predicted octanol–water partition coefficient (Wildman–Crippen LogP) is 1.61. The fraction of sp³-hybridized carbons (Fsp3) is 0.111. The Balaban J connectivity index is 2.25. The minimum atomic E-state index is -0.336. The summed E-state index contributed by atoms with van der Waals surface area (Å²) in [6, 6.07) is 3.73. The molecule has 5 heteroatoms. The molecule has 0 radical (unpaired) electrons. The summed E-state index contributed by atoms with van der Waals surface area (Å²) in [4.78, 5) is 16.8. The topological polar surface area (TPSA) is 51.2 Å². The maximum Gasteiger partial charge on any atom is 0.346 e. The molecule has 72 valence electrons. The Labute approximate surface area is 85.4 Å². The zero-order valence-corrected chi connectivity index (χ0v) is 8.30. The van der Waals surface area contributed by atoms with Crippen LogP contribution in [-0.4, -0.2) is 18.1 Å². The number of nitrogens with one attached hydrogen (secondary N) is 1. The van der Waals surface area contributed by atoms with E-state index in [0.717, 1.165) is 10.7 Å². The third kappa shape index (κ3) is 1.58. The van der Waals surface area contributed by atoms with Crippen molar-refractivity contribution in [3.8, 4) is 0 Å². The quantitative estimate of drug-likeness (QED) is 0.710. The molecule has 0 bridgehead atoms. The van der Waals surface area contributed by atoms with E-state index in [1.807, 2.05) is 12.1 Å². The van der Waals surface area contributed by atoms with Crippen LogP contribution in [-0.2, 0) is 9.53 Å². The van der Waals surface area contributed by atoms with Crippen molar-refractivity contribution in [3.05, 3.63) is 29.4 Å². The molecule has 2 heterocycles. The van der Waals surface area contributed by atoms with Gasteiger partial charge in [-0.15, -0.1) is 0 Å². The van der Waals surface area contributed by atoms with Crippen LogP contribution in [0.3, 0.4) is 0 Å². The normalized spacial score (nSPS) is 13.6. The molecule has 0 fully saturated rings. The van der Waals surface area contributed by atoms with Crippen LogP contribution in [0.5, 0.6) is 0 Å². The van der Waals surface area contributed by atoms with E-state index in [-0.39, 0.29) is 5.97 Å². The van der Waals surface area contributed by atoms with Crippen molar-refractivity contribution in [3.63, 3.8) is 0 Å². The Morgan fingerprint density at radius 2 is 2.50 bits per heavy atom. The summed E-state index contributed by atoms with van der Waals surface area (Å²) in [7, 11) is 1.36. The van der Waals surface area contributed by atoms with Crippen LogP contribution >= 0.6 is 11.8 Å². The summed E-state index contributed by atoms with van der Waals surface area (Å²) in [6.45, 7) is 0. The summed E-state index contributed by atoms with van der Waals surface area (Å²) < 4.78 is 4.62. The Morgan fingerprint density at radius 1 is 1.64 bits per heavy atom. The van der Waals surface area contributed by atoms with Gasteiger partial charge in [-0.25, -0.2) is 9.78 Å². The highest BCUT2D eigenvalue weighted by Crippen LogP contribution is 2.35. The molecule has 14 heavy (non-hydrogen) atoms. The van der Waals surface area contributed by atoms with Crippen LogP contribution in [0.2, 0.25) is 0 Å². The van der Waals surface area contributed by atoms with E-state index in [1.54, 1.807) is 12.4 Å². The molecular formula is C9H8N2O2S. The lowest BCUT2D eigenvalue weighted by molar-refractivity contribution is -0.135. The van der Waals surface area contributed by atoms with Crippen LogP contribution in [0.4, 0.5) is 5.82 Å². The summed E-state index contributed by atoms with van der Waals surface area (Å²) in [5.41, 5.74) is 0. The number of rotatable bonds is 1. The summed E-state index contributed by atoms with van der Waals surface area (Å²) >= 11 is 1.35. The van der Waals surface area contributed by atoms with Crippen molar-refractivity contribution in [1.82, 2.24) is 4.98 Å². The molecule has 1 aliphatic heterocycles. The standard InChI is InChI=1S/C9H8N2O2S/c1-13-9(12)7-5-11-8-6(14-7)3-2-4-10-8/h2-5H,1H3,(H,10,11). The maximum atomic E-state index is 11.2. The molecule has 0 aromatic carbocycles. The van der Waals surface area contributed by atoms with Gasteiger partial charge in [-0.3, -0.25) is 0 Å². The third-order valence-corrected chi connectivity index (χ3v) is 2.77. The fourth-order valence-electron chi connectivity index (χ4n) is 1.06. The Morgan fingerprint density at radius 3 is 3.29 bits per heavy atom. The maximum absolute atomic E-state index is 11.2. The Bertz CT molecular complexity index is 404. The molecule has 1 aromatic heterocycles. The number of carbonyl (C=O) groups excluding carboxylic acids is 1. The van der Waals surface area contributed by atoms with Crippen LogP contribution < -0.4 is 5.32 Å². The van der Waals surface area contributed by atoms with E-state index in [2.05, 4.69) is 15.0 Å². The number of fused-ring (bicyclic) bond motifs is 1. The van der Waals surface area contributed by atoms with E-state index in [0.29, 0.717) is 4.91 Å². The second-order valence-electron chi connectivity index (χ2n) is 2.60. The monoisotopic (exact) mass is 208 g/mol. The van der Waals surface area contributed by atoms with E-state index in [9.17, 15) is 4.79 Å². The molecule has 0 unspecified atom stereocenters. The number of methoxy groups -OCH3 is 1. The molecule has 0 aliphatic carbocycles. The largest absolute Gasteiger partial charge is 0.465 e. The first-order valence-electron chi connectivity index (χ1n) is 3.99. The number of anilines is 1. The Hall–Kier alpha value is -1.49. The third-order valence-electron chi connectivity index (χ3n) is 1.72. The van der Waals surface area contributed by atoms with Crippen LogP contribution in [0.15, 0.2) is 34.3 Å². The Kier molecular flexibility index (Phi) is 2.41. The van der Waals surface area contributed by atoms with Crippen LogP contribution in [0.25, 0.3) is 0 Å². The van der Waals surface area contributed by atoms with Crippen LogP contribution in [0, 0.1) is 0 Å². The number of ether oxygens (including phenoxy) is 1. The van der Waals surface area contributed by atoms with Gasteiger partial charge < -0.3 is 10.1 Å². The number of hydrogen-bond donors (Lipinski definition) is 1. The van der Waals surface area contributed by atoms with E-state index >= 15 is 0 Å². The zero-order chi connectivity index (χ0) is 9.97. The van der Waals surface area contributed by atoms with Gasteiger partial charge in [0.2, 0.25) is 0 Å². The highest BCUT2D eigenvalue weighted by atomic mass is 32.2. The molecule has 0 spiro atoms. The van der Waals surface area contributed by atoms with Gasteiger partial charge in [-0.2, -0.15) is 0 Å². The molecule has 1 N–H and O–H groups in total. The van der Waals surface area contributed by atoms with Crippen molar-refractivity contribution in [2.75, 3.05) is 12.4 Å². The fourth-order valence-corrected chi connectivity index (χ4v) is 1.94. The first kappa shape index (κ1) is 9.08. The number of pyridine rings is 1. The van der Waals surface area contributed by atoms with E-state index in [1.165, 1.54) is 18.9 Å². The van der Waals surface area contributed by atoms with Gasteiger partial charge in [-0.1, -0.05) is 11.8 Å². The second-order valence-corrected chi connectivity index (χ2v) is 3.68. The number of nitrogens with zero attached hydrogens (tertiary/aromatic N) is 1. The molecule has 0 saturated heterocycles. The average Bonchev–Trinajstić information content (AvgIpc) is 2.27. The molecule has 0 atom stereocenters. The minimum Gasteiger partial charge on any atom is -0.465 e. The molecule has 0 amide bonds. The van der Waals surface area contributed by atoms with Gasteiger partial charge in [0.05, 0.1) is 12.0 Å². The highest BCUT2D eigenvalue weighted by Gasteiger charge is 2.18. The lowest BCUT2D eigenvalue weighted by Crippen LogP contribution is -2.08. The first-order valence-corrected chi connectivity index (χ1v) is 4.81. The van der Waals surface area contributed by atoms with Crippen molar-refractivity contribution >= 4 is 23.5 Å². The van der Waals surface area contributed by atoms with Gasteiger partial charge in [0.15, 0.2) is 0 Å². The molecule has 1 aromatic rings. The summed E-state index contributed by atoms with van der Waals surface area (Å²) in [5.74, 6) is 0.433. The molecular weight excluding hydrogens is 200 g/mol. The molecule has 0 saturated carbocycles.